The molecular weight excluding hydrogens is 271 g/mol. The molecule has 0 bridgehead atoms. The van der Waals surface area contributed by atoms with E-state index in [9.17, 15) is 9.50 Å². The molecule has 0 amide bonds. The predicted octanol–water partition coefficient (Wildman–Crippen LogP) is 3.53. The molecule has 3 rings (SSSR count). The summed E-state index contributed by atoms with van der Waals surface area (Å²) in [7, 11) is 1.64. The van der Waals surface area contributed by atoms with Crippen LogP contribution in [-0.2, 0) is 11.3 Å². The highest BCUT2D eigenvalue weighted by Crippen LogP contribution is 2.41. The smallest absolute Gasteiger partial charge is 0.127 e. The molecule has 2 unspecified atom stereocenters. The summed E-state index contributed by atoms with van der Waals surface area (Å²) in [5, 5.41) is 10.3. The van der Waals surface area contributed by atoms with Crippen molar-refractivity contribution in [2.24, 2.45) is 0 Å². The normalized spacial score (nSPS) is 20.7. The van der Waals surface area contributed by atoms with E-state index in [0.29, 0.717) is 24.3 Å². The van der Waals surface area contributed by atoms with Crippen LogP contribution in [0.2, 0.25) is 0 Å². The molecule has 2 aromatic rings. The Morgan fingerprint density at radius 2 is 2.05 bits per heavy atom. The Labute approximate surface area is 122 Å². The van der Waals surface area contributed by atoms with Crippen molar-refractivity contribution in [3.8, 4) is 5.75 Å². The van der Waals surface area contributed by atoms with Crippen molar-refractivity contribution in [3.63, 3.8) is 0 Å². The molecular formula is C17H17FO3. The number of hydrogen-bond donors (Lipinski definition) is 1. The van der Waals surface area contributed by atoms with E-state index in [2.05, 4.69) is 0 Å². The van der Waals surface area contributed by atoms with Crippen molar-refractivity contribution in [1.29, 1.82) is 0 Å². The highest BCUT2D eigenvalue weighted by molar-refractivity contribution is 5.40. The monoisotopic (exact) mass is 288 g/mol. The molecule has 0 aliphatic carbocycles. The van der Waals surface area contributed by atoms with Crippen LogP contribution in [0.4, 0.5) is 4.39 Å². The Morgan fingerprint density at radius 3 is 2.86 bits per heavy atom. The van der Waals surface area contributed by atoms with E-state index < -0.39 is 6.10 Å². The lowest BCUT2D eigenvalue weighted by Gasteiger charge is -2.31. The summed E-state index contributed by atoms with van der Waals surface area (Å²) < 4.78 is 24.4. The lowest BCUT2D eigenvalue weighted by Crippen LogP contribution is -2.20. The average Bonchev–Trinajstić information content (AvgIpc) is 2.49. The minimum atomic E-state index is -0.731. The van der Waals surface area contributed by atoms with Crippen LogP contribution in [0.1, 0.15) is 35.3 Å². The van der Waals surface area contributed by atoms with Gasteiger partial charge in [0.05, 0.1) is 12.7 Å². The molecule has 4 heteroatoms. The zero-order chi connectivity index (χ0) is 14.8. The van der Waals surface area contributed by atoms with Crippen molar-refractivity contribution in [2.75, 3.05) is 7.11 Å². The molecule has 0 fully saturated rings. The fraction of sp³-hybridized carbons (Fsp3) is 0.294. The van der Waals surface area contributed by atoms with Gasteiger partial charge in [-0.15, -0.1) is 0 Å². The Bertz CT molecular complexity index is 642. The highest BCUT2D eigenvalue weighted by atomic mass is 19.1. The van der Waals surface area contributed by atoms with Crippen LogP contribution >= 0.6 is 0 Å². The summed E-state index contributed by atoms with van der Waals surface area (Å²) in [6, 6.07) is 12.1. The minimum absolute atomic E-state index is 0.260. The van der Waals surface area contributed by atoms with E-state index in [0.717, 1.165) is 11.1 Å². The molecule has 0 spiro atoms. The van der Waals surface area contributed by atoms with Gasteiger partial charge >= 0.3 is 0 Å². The average molecular weight is 288 g/mol. The summed E-state index contributed by atoms with van der Waals surface area (Å²) in [5.41, 5.74) is 2.53. The third-order valence-corrected chi connectivity index (χ3v) is 3.74. The van der Waals surface area contributed by atoms with Gasteiger partial charge in [-0.05, 0) is 29.3 Å². The molecule has 0 saturated heterocycles. The molecule has 0 radical (unpaired) electrons. The molecule has 3 nitrogen and oxygen atoms in total. The molecule has 2 aromatic carbocycles. The van der Waals surface area contributed by atoms with Gasteiger partial charge in [0.15, 0.2) is 0 Å². The van der Waals surface area contributed by atoms with Gasteiger partial charge in [0.2, 0.25) is 0 Å². The first-order valence-electron chi connectivity index (χ1n) is 6.90. The number of aliphatic hydroxyl groups excluding tert-OH is 1. The van der Waals surface area contributed by atoms with Gasteiger partial charge in [-0.2, -0.15) is 0 Å². The maximum atomic E-state index is 13.3. The van der Waals surface area contributed by atoms with Gasteiger partial charge in [0, 0.05) is 19.1 Å². The number of rotatable bonds is 3. The zero-order valence-corrected chi connectivity index (χ0v) is 11.8. The first kappa shape index (κ1) is 14.0. The molecule has 1 N–H and O–H groups in total. The predicted molar refractivity (Wildman–Crippen MR) is 76.5 cm³/mol. The van der Waals surface area contributed by atoms with E-state index in [-0.39, 0.29) is 11.9 Å². The molecule has 0 saturated carbocycles. The van der Waals surface area contributed by atoms with Gasteiger partial charge in [-0.1, -0.05) is 24.3 Å². The summed E-state index contributed by atoms with van der Waals surface area (Å²) in [6.45, 7) is 0.488. The Morgan fingerprint density at radius 1 is 1.24 bits per heavy atom. The topological polar surface area (TPSA) is 38.7 Å². The second kappa shape index (κ2) is 5.84. The van der Waals surface area contributed by atoms with Gasteiger partial charge in [0.25, 0.3) is 0 Å². The van der Waals surface area contributed by atoms with Crippen LogP contribution in [0.15, 0.2) is 42.5 Å². The van der Waals surface area contributed by atoms with Crippen molar-refractivity contribution in [2.45, 2.75) is 25.2 Å². The molecule has 1 heterocycles. The maximum Gasteiger partial charge on any atom is 0.127 e. The largest absolute Gasteiger partial charge is 0.485 e. The molecule has 2 atom stereocenters. The Kier molecular flexibility index (Phi) is 3.90. The molecule has 0 aromatic heterocycles. The van der Waals surface area contributed by atoms with E-state index >= 15 is 0 Å². The van der Waals surface area contributed by atoms with Crippen molar-refractivity contribution in [1.82, 2.24) is 0 Å². The summed E-state index contributed by atoms with van der Waals surface area (Å²) >= 11 is 0. The minimum Gasteiger partial charge on any atom is -0.485 e. The molecule has 1 aliphatic rings. The van der Waals surface area contributed by atoms with Crippen LogP contribution in [0.25, 0.3) is 0 Å². The zero-order valence-electron chi connectivity index (χ0n) is 11.8. The van der Waals surface area contributed by atoms with Crippen LogP contribution in [0.3, 0.4) is 0 Å². The quantitative estimate of drug-likeness (QED) is 0.939. The van der Waals surface area contributed by atoms with Gasteiger partial charge in [-0.25, -0.2) is 4.39 Å². The molecule has 21 heavy (non-hydrogen) atoms. The number of methoxy groups -OCH3 is 1. The first-order chi connectivity index (χ1) is 10.2. The van der Waals surface area contributed by atoms with Crippen molar-refractivity contribution < 1.29 is 19.0 Å². The van der Waals surface area contributed by atoms with Crippen molar-refractivity contribution >= 4 is 0 Å². The Hall–Kier alpha value is -1.91. The van der Waals surface area contributed by atoms with Gasteiger partial charge in [-0.3, -0.25) is 0 Å². The highest BCUT2D eigenvalue weighted by Gasteiger charge is 2.29. The van der Waals surface area contributed by atoms with Crippen LogP contribution in [-0.4, -0.2) is 12.2 Å². The third kappa shape index (κ3) is 2.77. The van der Waals surface area contributed by atoms with E-state index in [1.807, 2.05) is 24.3 Å². The summed E-state index contributed by atoms with van der Waals surface area (Å²) in [6.07, 6.45) is -0.591. The SMILES string of the molecule is COCc1ccccc1C1CC(O)c2cc(F)ccc2O1. The second-order valence-electron chi connectivity index (χ2n) is 5.17. The number of halogens is 1. The van der Waals surface area contributed by atoms with Crippen LogP contribution in [0, 0.1) is 5.82 Å². The van der Waals surface area contributed by atoms with E-state index in [4.69, 9.17) is 9.47 Å². The van der Waals surface area contributed by atoms with Crippen LogP contribution in [0.5, 0.6) is 5.75 Å². The lowest BCUT2D eigenvalue weighted by molar-refractivity contribution is 0.0638. The number of fused-ring (bicyclic) bond motifs is 1. The second-order valence-corrected chi connectivity index (χ2v) is 5.17. The fourth-order valence-corrected chi connectivity index (χ4v) is 2.74. The Balaban J connectivity index is 1.94. The number of hydrogen-bond acceptors (Lipinski definition) is 3. The number of ether oxygens (including phenoxy) is 2. The number of benzene rings is 2. The lowest BCUT2D eigenvalue weighted by atomic mass is 9.92. The fourth-order valence-electron chi connectivity index (χ4n) is 2.74. The molecule has 1 aliphatic heterocycles. The van der Waals surface area contributed by atoms with Crippen LogP contribution < -0.4 is 4.74 Å². The standard InChI is InChI=1S/C17H17FO3/c1-20-10-11-4-2-3-5-13(11)17-9-15(19)14-8-12(18)6-7-16(14)21-17/h2-8,15,17,19H,9-10H2,1H3. The summed E-state index contributed by atoms with van der Waals surface area (Å²) in [4.78, 5) is 0. The third-order valence-electron chi connectivity index (χ3n) is 3.74. The van der Waals surface area contributed by atoms with Gasteiger partial charge in [0.1, 0.15) is 17.7 Å². The number of aliphatic hydroxyl groups is 1. The summed E-state index contributed by atoms with van der Waals surface area (Å²) in [5.74, 6) is 0.169. The first-order valence-corrected chi connectivity index (χ1v) is 6.90. The van der Waals surface area contributed by atoms with Crippen molar-refractivity contribution in [3.05, 3.63) is 65.0 Å². The molecule has 110 valence electrons. The maximum absolute atomic E-state index is 13.3. The van der Waals surface area contributed by atoms with Gasteiger partial charge < -0.3 is 14.6 Å². The van der Waals surface area contributed by atoms with E-state index in [1.54, 1.807) is 13.2 Å². The van der Waals surface area contributed by atoms with E-state index in [1.165, 1.54) is 12.1 Å².